The Kier molecular flexibility index (Phi) is 3.93. The van der Waals surface area contributed by atoms with Crippen LogP contribution in [0.4, 0.5) is 0 Å². The molecule has 1 saturated heterocycles. The van der Waals surface area contributed by atoms with Crippen molar-refractivity contribution in [3.8, 4) is 0 Å². The molecule has 0 unspecified atom stereocenters. The van der Waals surface area contributed by atoms with Gasteiger partial charge in [0, 0.05) is 13.1 Å². The molecule has 0 radical (unpaired) electrons. The largest absolute Gasteiger partial charge is 0.458 e. The van der Waals surface area contributed by atoms with Gasteiger partial charge >= 0.3 is 5.97 Å². The summed E-state index contributed by atoms with van der Waals surface area (Å²) >= 11 is 0. The van der Waals surface area contributed by atoms with E-state index in [-0.39, 0.29) is 24.2 Å². The van der Waals surface area contributed by atoms with Crippen LogP contribution in [-0.2, 0) is 14.3 Å². The first-order valence-electron chi connectivity index (χ1n) is 7.13. The minimum absolute atomic E-state index is 0.104. The summed E-state index contributed by atoms with van der Waals surface area (Å²) in [6.45, 7) is 5.37. The van der Waals surface area contributed by atoms with E-state index in [1.165, 1.54) is 6.42 Å². The molecule has 2 fully saturated rings. The van der Waals surface area contributed by atoms with Crippen molar-refractivity contribution in [2.75, 3.05) is 13.1 Å². The summed E-state index contributed by atoms with van der Waals surface area (Å²) in [5.74, 6) is -0.333. The fourth-order valence-electron chi connectivity index (χ4n) is 3.36. The van der Waals surface area contributed by atoms with Crippen molar-refractivity contribution in [1.29, 1.82) is 0 Å². The van der Waals surface area contributed by atoms with E-state index in [0.29, 0.717) is 13.1 Å². The van der Waals surface area contributed by atoms with Gasteiger partial charge in [0.2, 0.25) is 5.91 Å². The Morgan fingerprint density at radius 3 is 2.44 bits per heavy atom. The lowest BCUT2D eigenvalue weighted by Crippen LogP contribution is -2.47. The van der Waals surface area contributed by atoms with Gasteiger partial charge in [0.05, 0.1) is 12.3 Å². The predicted molar refractivity (Wildman–Crippen MR) is 67.9 cm³/mol. The number of nitrogens with zero attached hydrogens (tertiary/aromatic N) is 1. The Hall–Kier alpha value is -1.06. The second kappa shape index (κ2) is 5.29. The van der Waals surface area contributed by atoms with Crippen molar-refractivity contribution in [2.45, 2.75) is 58.0 Å². The molecular formula is C14H23NO3. The van der Waals surface area contributed by atoms with Crippen molar-refractivity contribution in [3.63, 3.8) is 0 Å². The number of esters is 1. The van der Waals surface area contributed by atoms with Gasteiger partial charge in [0.15, 0.2) is 0 Å². The number of ether oxygens (including phenoxy) is 1. The van der Waals surface area contributed by atoms with Crippen LogP contribution in [0.3, 0.4) is 0 Å². The van der Waals surface area contributed by atoms with Gasteiger partial charge in [-0.3, -0.25) is 9.59 Å². The topological polar surface area (TPSA) is 46.6 Å². The number of hydrogen-bond donors (Lipinski definition) is 0. The Labute approximate surface area is 109 Å². The molecule has 0 aromatic carbocycles. The number of carbonyl (C=O) groups excluding carboxylic acids is 2. The standard InChI is InChI=1S/C14H23NO3/c1-3-15(4-2)13(17)11-10-12(16)18-14(11)8-6-5-7-9-14/h11H,3-10H2,1-2H3/t11-/m0/s1. The van der Waals surface area contributed by atoms with Crippen LogP contribution in [0.25, 0.3) is 0 Å². The average molecular weight is 253 g/mol. The third-order valence-electron chi connectivity index (χ3n) is 4.40. The molecule has 4 heteroatoms. The van der Waals surface area contributed by atoms with Crippen LogP contribution >= 0.6 is 0 Å². The molecule has 1 aliphatic carbocycles. The van der Waals surface area contributed by atoms with E-state index in [1.54, 1.807) is 0 Å². The van der Waals surface area contributed by atoms with Crippen LogP contribution in [0, 0.1) is 5.92 Å². The first kappa shape index (κ1) is 13.4. The van der Waals surface area contributed by atoms with E-state index in [2.05, 4.69) is 0 Å². The summed E-state index contributed by atoms with van der Waals surface area (Å²) in [6.07, 6.45) is 5.30. The molecule has 2 aliphatic rings. The zero-order chi connectivity index (χ0) is 13.2. The van der Waals surface area contributed by atoms with Gasteiger partial charge in [-0.1, -0.05) is 6.42 Å². The maximum atomic E-state index is 12.5. The minimum Gasteiger partial charge on any atom is -0.458 e. The van der Waals surface area contributed by atoms with Crippen molar-refractivity contribution in [1.82, 2.24) is 4.90 Å². The van der Waals surface area contributed by atoms with Crippen LogP contribution in [0.1, 0.15) is 52.4 Å². The van der Waals surface area contributed by atoms with Crippen LogP contribution < -0.4 is 0 Å². The molecule has 1 aliphatic heterocycles. The lowest BCUT2D eigenvalue weighted by molar-refractivity contribution is -0.155. The molecule has 0 bridgehead atoms. The SMILES string of the molecule is CCN(CC)C(=O)[C@@H]1CC(=O)OC12CCCCC2. The third kappa shape index (κ3) is 2.25. The molecule has 1 atom stereocenters. The maximum Gasteiger partial charge on any atom is 0.307 e. The highest BCUT2D eigenvalue weighted by Crippen LogP contribution is 2.44. The zero-order valence-corrected chi connectivity index (χ0v) is 11.4. The molecule has 1 saturated carbocycles. The molecule has 2 rings (SSSR count). The molecule has 0 N–H and O–H groups in total. The van der Waals surface area contributed by atoms with E-state index in [4.69, 9.17) is 4.74 Å². The smallest absolute Gasteiger partial charge is 0.307 e. The van der Waals surface area contributed by atoms with Crippen molar-refractivity contribution in [3.05, 3.63) is 0 Å². The third-order valence-corrected chi connectivity index (χ3v) is 4.40. The van der Waals surface area contributed by atoms with E-state index in [9.17, 15) is 9.59 Å². The highest BCUT2D eigenvalue weighted by Gasteiger charge is 2.53. The molecule has 1 spiro atoms. The maximum absolute atomic E-state index is 12.5. The lowest BCUT2D eigenvalue weighted by atomic mass is 9.75. The molecule has 4 nitrogen and oxygen atoms in total. The highest BCUT2D eigenvalue weighted by molar-refractivity contribution is 5.88. The molecule has 0 aromatic heterocycles. The Bertz CT molecular complexity index is 330. The quantitative estimate of drug-likeness (QED) is 0.724. The number of carbonyl (C=O) groups is 2. The summed E-state index contributed by atoms with van der Waals surface area (Å²) in [4.78, 5) is 26.0. The van der Waals surface area contributed by atoms with Crippen molar-refractivity contribution < 1.29 is 14.3 Å². The van der Waals surface area contributed by atoms with Crippen LogP contribution in [0.2, 0.25) is 0 Å². The lowest BCUT2D eigenvalue weighted by Gasteiger charge is -2.37. The first-order valence-corrected chi connectivity index (χ1v) is 7.13. The fourth-order valence-corrected chi connectivity index (χ4v) is 3.36. The fraction of sp³-hybridized carbons (Fsp3) is 0.857. The normalized spacial score (nSPS) is 26.1. The summed E-state index contributed by atoms with van der Waals surface area (Å²) in [5, 5.41) is 0. The number of hydrogen-bond acceptors (Lipinski definition) is 3. The van der Waals surface area contributed by atoms with Gasteiger partial charge in [-0.05, 0) is 39.5 Å². The van der Waals surface area contributed by atoms with E-state index in [1.807, 2.05) is 18.7 Å². The first-order chi connectivity index (χ1) is 8.63. The summed E-state index contributed by atoms with van der Waals surface area (Å²) in [5.41, 5.74) is -0.477. The molecule has 102 valence electrons. The molecular weight excluding hydrogens is 230 g/mol. The van der Waals surface area contributed by atoms with Crippen LogP contribution in [0.5, 0.6) is 0 Å². The van der Waals surface area contributed by atoms with Crippen LogP contribution in [-0.4, -0.2) is 35.5 Å². The summed E-state index contributed by atoms with van der Waals surface area (Å²) in [7, 11) is 0. The highest BCUT2D eigenvalue weighted by atomic mass is 16.6. The summed E-state index contributed by atoms with van der Waals surface area (Å²) in [6, 6.07) is 0. The Morgan fingerprint density at radius 2 is 1.89 bits per heavy atom. The number of amides is 1. The van der Waals surface area contributed by atoms with Crippen molar-refractivity contribution in [2.24, 2.45) is 5.92 Å². The van der Waals surface area contributed by atoms with Gasteiger partial charge in [0.25, 0.3) is 0 Å². The van der Waals surface area contributed by atoms with Gasteiger partial charge in [-0.2, -0.15) is 0 Å². The number of rotatable bonds is 3. The van der Waals surface area contributed by atoms with Gasteiger partial charge in [-0.25, -0.2) is 0 Å². The predicted octanol–water partition coefficient (Wildman–Crippen LogP) is 2.12. The monoisotopic (exact) mass is 253 g/mol. The van der Waals surface area contributed by atoms with E-state index >= 15 is 0 Å². The van der Waals surface area contributed by atoms with E-state index in [0.717, 1.165) is 25.7 Å². The Morgan fingerprint density at radius 1 is 1.28 bits per heavy atom. The molecule has 18 heavy (non-hydrogen) atoms. The van der Waals surface area contributed by atoms with Gasteiger partial charge < -0.3 is 9.64 Å². The second-order valence-corrected chi connectivity index (χ2v) is 5.37. The van der Waals surface area contributed by atoms with E-state index < -0.39 is 5.60 Å². The van der Waals surface area contributed by atoms with Gasteiger partial charge in [-0.15, -0.1) is 0 Å². The molecule has 1 heterocycles. The van der Waals surface area contributed by atoms with Crippen molar-refractivity contribution >= 4 is 11.9 Å². The van der Waals surface area contributed by atoms with Crippen LogP contribution in [0.15, 0.2) is 0 Å². The zero-order valence-electron chi connectivity index (χ0n) is 11.4. The van der Waals surface area contributed by atoms with Gasteiger partial charge in [0.1, 0.15) is 5.60 Å². The molecule has 0 aromatic rings. The second-order valence-electron chi connectivity index (χ2n) is 5.37. The Balaban J connectivity index is 2.18. The minimum atomic E-state index is -0.477. The summed E-state index contributed by atoms with van der Waals surface area (Å²) < 4.78 is 5.58. The molecule has 1 amide bonds. The average Bonchev–Trinajstić information content (AvgIpc) is 2.68.